The van der Waals surface area contributed by atoms with E-state index in [1.54, 1.807) is 18.2 Å². The first kappa shape index (κ1) is 18.5. The number of benzene rings is 2. The Morgan fingerprint density at radius 2 is 2.00 bits per heavy atom. The number of fused-ring (bicyclic) bond motifs is 1. The molecular formula is C20H16ClN3O3S. The van der Waals surface area contributed by atoms with E-state index in [-0.39, 0.29) is 18.8 Å². The van der Waals surface area contributed by atoms with Crippen molar-refractivity contribution in [2.75, 3.05) is 18.5 Å². The van der Waals surface area contributed by atoms with Crippen LogP contribution in [0.2, 0.25) is 5.02 Å². The molecule has 2 aliphatic heterocycles. The van der Waals surface area contributed by atoms with Crippen molar-refractivity contribution in [3.05, 3.63) is 63.7 Å². The number of carbonyl (C=O) groups excluding carboxylic acids is 1. The van der Waals surface area contributed by atoms with E-state index in [2.05, 4.69) is 10.6 Å². The zero-order chi connectivity index (χ0) is 19.7. The summed E-state index contributed by atoms with van der Waals surface area (Å²) in [7, 11) is 0. The monoisotopic (exact) mass is 413 g/mol. The zero-order valence-electron chi connectivity index (χ0n) is 14.9. The highest BCUT2D eigenvalue weighted by atomic mass is 35.5. The van der Waals surface area contributed by atoms with Crippen molar-refractivity contribution in [3.63, 3.8) is 0 Å². The number of nitrogens with zero attached hydrogens (tertiary/aromatic N) is 1. The number of ether oxygens (including phenoxy) is 2. The van der Waals surface area contributed by atoms with E-state index in [0.29, 0.717) is 27.2 Å². The first-order valence-corrected chi connectivity index (χ1v) is 9.72. The number of amides is 1. The van der Waals surface area contributed by atoms with E-state index >= 15 is 0 Å². The summed E-state index contributed by atoms with van der Waals surface area (Å²) in [6, 6.07) is 14.7. The molecule has 6 nitrogen and oxygen atoms in total. The second-order valence-electron chi connectivity index (χ2n) is 6.53. The Balaban J connectivity index is 1.63. The fraction of sp³-hybridized carbons (Fsp3) is 0.200. The maximum absolute atomic E-state index is 12.6. The Morgan fingerprint density at radius 1 is 1.21 bits per heavy atom. The molecule has 8 heteroatoms. The topological polar surface area (TPSA) is 83.4 Å². The Bertz CT molecular complexity index is 1030. The van der Waals surface area contributed by atoms with Crippen LogP contribution in [0.4, 0.5) is 5.69 Å². The second-order valence-corrected chi connectivity index (χ2v) is 8.36. The molecule has 2 aliphatic rings. The van der Waals surface area contributed by atoms with Gasteiger partial charge in [0.05, 0.1) is 5.03 Å². The highest BCUT2D eigenvalue weighted by Gasteiger charge is 2.44. The molecule has 2 aromatic carbocycles. The van der Waals surface area contributed by atoms with Crippen molar-refractivity contribution < 1.29 is 14.3 Å². The molecule has 1 amide bonds. The molecule has 1 spiro atoms. The molecular weight excluding hydrogens is 398 g/mol. The van der Waals surface area contributed by atoms with E-state index < -0.39 is 10.8 Å². The van der Waals surface area contributed by atoms with Gasteiger partial charge in [-0.1, -0.05) is 35.5 Å². The summed E-state index contributed by atoms with van der Waals surface area (Å²) in [6.45, 7) is 2.36. The van der Waals surface area contributed by atoms with Gasteiger partial charge in [0.15, 0.2) is 16.4 Å². The fourth-order valence-electron chi connectivity index (χ4n) is 2.94. The van der Waals surface area contributed by atoms with E-state index in [9.17, 15) is 10.1 Å². The molecule has 28 heavy (non-hydrogen) atoms. The van der Waals surface area contributed by atoms with Crippen LogP contribution >= 0.6 is 23.4 Å². The highest BCUT2D eigenvalue weighted by Crippen LogP contribution is 2.41. The van der Waals surface area contributed by atoms with Gasteiger partial charge in [-0.2, -0.15) is 5.26 Å². The number of aryl methyl sites for hydroxylation is 1. The third-order valence-corrected chi connectivity index (χ3v) is 5.78. The first-order valence-electron chi connectivity index (χ1n) is 8.53. The molecule has 142 valence electrons. The average Bonchev–Trinajstić information content (AvgIpc) is 2.81. The second kappa shape index (κ2) is 7.30. The van der Waals surface area contributed by atoms with Crippen LogP contribution in [-0.2, 0) is 4.79 Å². The molecule has 1 atom stereocenters. The number of rotatable bonds is 2. The van der Waals surface area contributed by atoms with Crippen LogP contribution in [0.1, 0.15) is 5.56 Å². The van der Waals surface area contributed by atoms with Gasteiger partial charge >= 0.3 is 0 Å². The van der Waals surface area contributed by atoms with E-state index in [1.807, 2.05) is 37.3 Å². The molecule has 0 radical (unpaired) electrons. The molecule has 0 fully saturated rings. The molecule has 1 unspecified atom stereocenters. The van der Waals surface area contributed by atoms with Gasteiger partial charge in [0.1, 0.15) is 24.9 Å². The smallest absolute Gasteiger partial charge is 0.265 e. The number of thioether (sulfide) groups is 1. The number of nitriles is 1. The van der Waals surface area contributed by atoms with Gasteiger partial charge in [-0.3, -0.25) is 4.79 Å². The zero-order valence-corrected chi connectivity index (χ0v) is 16.5. The van der Waals surface area contributed by atoms with Crippen LogP contribution in [0.15, 0.2) is 53.1 Å². The van der Waals surface area contributed by atoms with Crippen LogP contribution in [0.25, 0.3) is 0 Å². The Morgan fingerprint density at radius 3 is 2.75 bits per heavy atom. The minimum Gasteiger partial charge on any atom is -0.486 e. The lowest BCUT2D eigenvalue weighted by atomic mass is 10.2. The van der Waals surface area contributed by atoms with Crippen LogP contribution < -0.4 is 20.1 Å². The summed E-state index contributed by atoms with van der Waals surface area (Å²) in [5, 5.41) is 16.5. The molecule has 2 heterocycles. The van der Waals surface area contributed by atoms with Crippen LogP contribution in [-0.4, -0.2) is 24.0 Å². The SMILES string of the molecule is Cc1ccc2c(c1)OCC1(CO2)NC(=O)C(C#N)=C(Nc2cccc(Cl)c2)S1. The maximum atomic E-state index is 12.6. The normalized spacial score (nSPS) is 21.0. The number of halogens is 1. The van der Waals surface area contributed by atoms with Gasteiger partial charge in [-0.05, 0) is 42.8 Å². The number of anilines is 1. The van der Waals surface area contributed by atoms with E-state index in [4.69, 9.17) is 21.1 Å². The Labute approximate surface area is 171 Å². The van der Waals surface area contributed by atoms with Crippen molar-refractivity contribution in [2.24, 2.45) is 0 Å². The van der Waals surface area contributed by atoms with Crippen molar-refractivity contribution >= 4 is 35.0 Å². The van der Waals surface area contributed by atoms with Gasteiger partial charge < -0.3 is 20.1 Å². The summed E-state index contributed by atoms with van der Waals surface area (Å²) < 4.78 is 11.9. The molecule has 0 saturated heterocycles. The molecule has 0 aliphatic carbocycles. The summed E-state index contributed by atoms with van der Waals surface area (Å²) >= 11 is 7.34. The molecule has 0 saturated carbocycles. The quantitative estimate of drug-likeness (QED) is 0.778. The lowest BCUT2D eigenvalue weighted by Crippen LogP contribution is -2.56. The lowest BCUT2D eigenvalue weighted by molar-refractivity contribution is -0.118. The first-order chi connectivity index (χ1) is 13.5. The summed E-state index contributed by atoms with van der Waals surface area (Å²) in [5.41, 5.74) is 1.74. The summed E-state index contributed by atoms with van der Waals surface area (Å²) in [4.78, 5) is 11.8. The van der Waals surface area contributed by atoms with Crippen molar-refractivity contribution in [1.29, 1.82) is 5.26 Å². The molecule has 4 rings (SSSR count). The lowest BCUT2D eigenvalue weighted by Gasteiger charge is -2.35. The minimum absolute atomic E-state index is 0.00760. The van der Waals surface area contributed by atoms with Crippen LogP contribution in [0.3, 0.4) is 0 Å². The third-order valence-electron chi connectivity index (χ3n) is 4.31. The third kappa shape index (κ3) is 3.61. The maximum Gasteiger partial charge on any atom is 0.265 e. The largest absolute Gasteiger partial charge is 0.486 e. The van der Waals surface area contributed by atoms with Gasteiger partial charge in [0, 0.05) is 10.7 Å². The molecule has 0 aromatic heterocycles. The van der Waals surface area contributed by atoms with Gasteiger partial charge in [0.2, 0.25) is 0 Å². The minimum atomic E-state index is -0.870. The van der Waals surface area contributed by atoms with Gasteiger partial charge in [-0.15, -0.1) is 0 Å². The predicted molar refractivity (Wildman–Crippen MR) is 108 cm³/mol. The average molecular weight is 414 g/mol. The van der Waals surface area contributed by atoms with Gasteiger partial charge in [-0.25, -0.2) is 0 Å². The fourth-order valence-corrected chi connectivity index (χ4v) is 4.31. The molecule has 2 N–H and O–H groups in total. The number of carbonyl (C=O) groups is 1. The van der Waals surface area contributed by atoms with Crippen molar-refractivity contribution in [3.8, 4) is 17.6 Å². The molecule has 2 aromatic rings. The highest BCUT2D eigenvalue weighted by molar-refractivity contribution is 8.04. The van der Waals surface area contributed by atoms with Crippen molar-refractivity contribution in [1.82, 2.24) is 5.32 Å². The number of hydrogen-bond donors (Lipinski definition) is 2. The standard InChI is InChI=1S/C20H16ClN3O3S/c1-12-5-6-16-17(7-12)27-11-20(10-26-16)24-18(25)15(9-22)19(28-20)23-14-4-2-3-13(21)8-14/h2-8,23H,10-11H2,1H3,(H,24,25). The van der Waals surface area contributed by atoms with Gasteiger partial charge in [0.25, 0.3) is 5.91 Å². The Kier molecular flexibility index (Phi) is 4.84. The van der Waals surface area contributed by atoms with Crippen molar-refractivity contribution in [2.45, 2.75) is 11.8 Å². The Hall–Kier alpha value is -2.82. The predicted octanol–water partition coefficient (Wildman–Crippen LogP) is 3.83. The number of hydrogen-bond acceptors (Lipinski definition) is 6. The molecule has 0 bridgehead atoms. The number of nitrogens with one attached hydrogen (secondary N) is 2. The van der Waals surface area contributed by atoms with E-state index in [0.717, 1.165) is 5.56 Å². The van der Waals surface area contributed by atoms with E-state index in [1.165, 1.54) is 11.8 Å². The van der Waals surface area contributed by atoms with Crippen LogP contribution in [0.5, 0.6) is 11.5 Å². The van der Waals surface area contributed by atoms with Crippen LogP contribution in [0, 0.1) is 18.3 Å². The summed E-state index contributed by atoms with van der Waals surface area (Å²) in [5.74, 6) is 0.781. The summed E-state index contributed by atoms with van der Waals surface area (Å²) in [6.07, 6.45) is 0.